The standard InChI is InChI=1S/C23H23N3O6S/c1-24-33(29,30)21-13-7-18(8-14-21)23(28)26-25-22(27)16-32-20-11-9-19(10-12-20)31-15-17-5-3-2-4-6-17/h2-14,24H,15-16H2,1H3,(H,25,27)(H,26,28). The van der Waals surface area contributed by atoms with Crippen LogP contribution in [0.15, 0.2) is 83.8 Å². The Kier molecular flexibility index (Phi) is 8.01. The van der Waals surface area contributed by atoms with Crippen molar-refractivity contribution in [2.75, 3.05) is 13.7 Å². The monoisotopic (exact) mass is 469 g/mol. The number of hydrogen-bond donors (Lipinski definition) is 3. The lowest BCUT2D eigenvalue weighted by Gasteiger charge is -2.10. The molecule has 33 heavy (non-hydrogen) atoms. The van der Waals surface area contributed by atoms with Gasteiger partial charge in [-0.2, -0.15) is 0 Å². The van der Waals surface area contributed by atoms with Crippen LogP contribution in [0.3, 0.4) is 0 Å². The molecule has 3 aromatic rings. The van der Waals surface area contributed by atoms with Crippen molar-refractivity contribution in [3.63, 3.8) is 0 Å². The predicted octanol–water partition coefficient (Wildman–Crippen LogP) is 2.01. The highest BCUT2D eigenvalue weighted by Gasteiger charge is 2.13. The van der Waals surface area contributed by atoms with Crippen molar-refractivity contribution >= 4 is 21.8 Å². The van der Waals surface area contributed by atoms with Gasteiger partial charge in [0.25, 0.3) is 11.8 Å². The number of hydrazine groups is 1. The first-order valence-electron chi connectivity index (χ1n) is 9.90. The summed E-state index contributed by atoms with van der Waals surface area (Å²) in [5, 5.41) is 0. The van der Waals surface area contributed by atoms with E-state index >= 15 is 0 Å². The summed E-state index contributed by atoms with van der Waals surface area (Å²) in [5.74, 6) is -0.0415. The van der Waals surface area contributed by atoms with E-state index in [1.165, 1.54) is 31.3 Å². The Morgan fingerprint density at radius 3 is 2.00 bits per heavy atom. The van der Waals surface area contributed by atoms with Crippen molar-refractivity contribution in [1.29, 1.82) is 0 Å². The summed E-state index contributed by atoms with van der Waals surface area (Å²) in [4.78, 5) is 24.1. The van der Waals surface area contributed by atoms with Gasteiger partial charge in [-0.1, -0.05) is 30.3 Å². The molecular formula is C23H23N3O6S. The molecule has 0 aromatic heterocycles. The fourth-order valence-corrected chi connectivity index (χ4v) is 3.39. The van der Waals surface area contributed by atoms with E-state index in [0.717, 1.165) is 5.56 Å². The van der Waals surface area contributed by atoms with E-state index in [1.807, 2.05) is 30.3 Å². The first-order valence-corrected chi connectivity index (χ1v) is 11.4. The molecule has 2 amide bonds. The van der Waals surface area contributed by atoms with Crippen molar-refractivity contribution in [2.24, 2.45) is 0 Å². The SMILES string of the molecule is CNS(=O)(=O)c1ccc(C(=O)NNC(=O)COc2ccc(OCc3ccccc3)cc2)cc1. The zero-order chi connectivity index (χ0) is 23.7. The van der Waals surface area contributed by atoms with Gasteiger partial charge in [0.2, 0.25) is 10.0 Å². The fourth-order valence-electron chi connectivity index (χ4n) is 2.66. The number of hydrogen-bond acceptors (Lipinski definition) is 6. The Balaban J connectivity index is 1.41. The number of amides is 2. The van der Waals surface area contributed by atoms with E-state index < -0.39 is 21.8 Å². The number of rotatable bonds is 9. The average molecular weight is 470 g/mol. The molecule has 0 saturated carbocycles. The van der Waals surface area contributed by atoms with Crippen LogP contribution in [0.4, 0.5) is 0 Å². The summed E-state index contributed by atoms with van der Waals surface area (Å²) < 4.78 is 36.7. The van der Waals surface area contributed by atoms with Gasteiger partial charge in [0, 0.05) is 5.56 Å². The van der Waals surface area contributed by atoms with Crippen LogP contribution in [0, 0.1) is 0 Å². The quantitative estimate of drug-likeness (QED) is 0.412. The second-order valence-corrected chi connectivity index (χ2v) is 8.66. The minimum atomic E-state index is -3.59. The van der Waals surface area contributed by atoms with Crippen LogP contribution in [-0.4, -0.2) is 33.9 Å². The number of sulfonamides is 1. The largest absolute Gasteiger partial charge is 0.489 e. The maximum absolute atomic E-state index is 12.1. The molecule has 3 rings (SSSR count). The lowest BCUT2D eigenvalue weighted by molar-refractivity contribution is -0.123. The number of nitrogens with one attached hydrogen (secondary N) is 3. The molecule has 0 atom stereocenters. The molecule has 0 fully saturated rings. The van der Waals surface area contributed by atoms with Crippen molar-refractivity contribution in [1.82, 2.24) is 15.6 Å². The van der Waals surface area contributed by atoms with Crippen LogP contribution in [0.1, 0.15) is 15.9 Å². The van der Waals surface area contributed by atoms with Gasteiger partial charge >= 0.3 is 0 Å². The highest BCUT2D eigenvalue weighted by atomic mass is 32.2. The predicted molar refractivity (Wildman–Crippen MR) is 121 cm³/mol. The van der Waals surface area contributed by atoms with Crippen LogP contribution in [-0.2, 0) is 21.4 Å². The molecule has 3 aromatic carbocycles. The van der Waals surface area contributed by atoms with Crippen molar-refractivity contribution in [2.45, 2.75) is 11.5 Å². The number of carbonyl (C=O) groups excluding carboxylic acids is 2. The van der Waals surface area contributed by atoms with E-state index in [2.05, 4.69) is 15.6 Å². The van der Waals surface area contributed by atoms with Gasteiger partial charge in [-0.25, -0.2) is 13.1 Å². The smallest absolute Gasteiger partial charge is 0.276 e. The summed E-state index contributed by atoms with van der Waals surface area (Å²) in [6, 6.07) is 21.8. The second kappa shape index (κ2) is 11.1. The van der Waals surface area contributed by atoms with Gasteiger partial charge in [0.05, 0.1) is 4.90 Å². The van der Waals surface area contributed by atoms with E-state index in [-0.39, 0.29) is 17.1 Å². The fraction of sp³-hybridized carbons (Fsp3) is 0.130. The van der Waals surface area contributed by atoms with E-state index in [9.17, 15) is 18.0 Å². The zero-order valence-corrected chi connectivity index (χ0v) is 18.6. The van der Waals surface area contributed by atoms with Crippen molar-refractivity contribution < 1.29 is 27.5 Å². The van der Waals surface area contributed by atoms with Gasteiger partial charge in [-0.05, 0) is 61.1 Å². The molecular weight excluding hydrogens is 446 g/mol. The van der Waals surface area contributed by atoms with Crippen LogP contribution in [0.2, 0.25) is 0 Å². The van der Waals surface area contributed by atoms with Crippen LogP contribution < -0.4 is 25.0 Å². The second-order valence-electron chi connectivity index (χ2n) is 6.77. The maximum atomic E-state index is 12.1. The van der Waals surface area contributed by atoms with Crippen LogP contribution in [0.25, 0.3) is 0 Å². The molecule has 0 radical (unpaired) electrons. The first-order chi connectivity index (χ1) is 15.9. The van der Waals surface area contributed by atoms with Gasteiger partial charge < -0.3 is 9.47 Å². The molecule has 9 nitrogen and oxygen atoms in total. The van der Waals surface area contributed by atoms with Gasteiger partial charge in [0.1, 0.15) is 18.1 Å². The molecule has 0 bridgehead atoms. The highest BCUT2D eigenvalue weighted by Crippen LogP contribution is 2.18. The van der Waals surface area contributed by atoms with Crippen molar-refractivity contribution in [3.05, 3.63) is 90.0 Å². The summed E-state index contributed by atoms with van der Waals surface area (Å²) >= 11 is 0. The van der Waals surface area contributed by atoms with Gasteiger partial charge in [-0.15, -0.1) is 0 Å². The third kappa shape index (κ3) is 7.06. The lowest BCUT2D eigenvalue weighted by Crippen LogP contribution is -2.43. The minimum absolute atomic E-state index is 0.0236. The summed E-state index contributed by atoms with van der Waals surface area (Å²) in [5.41, 5.74) is 5.71. The third-order valence-corrected chi connectivity index (χ3v) is 5.88. The Bertz CT molecular complexity index is 1180. The third-order valence-electron chi connectivity index (χ3n) is 4.45. The molecule has 3 N–H and O–H groups in total. The normalized spacial score (nSPS) is 10.8. The van der Waals surface area contributed by atoms with Crippen LogP contribution in [0.5, 0.6) is 11.5 Å². The number of ether oxygens (including phenoxy) is 2. The molecule has 0 aliphatic rings. The highest BCUT2D eigenvalue weighted by molar-refractivity contribution is 7.89. The molecule has 0 saturated heterocycles. The molecule has 0 spiro atoms. The average Bonchev–Trinajstić information content (AvgIpc) is 2.86. The molecule has 0 aliphatic carbocycles. The van der Waals surface area contributed by atoms with Crippen molar-refractivity contribution in [3.8, 4) is 11.5 Å². The lowest BCUT2D eigenvalue weighted by atomic mass is 10.2. The summed E-state index contributed by atoms with van der Waals surface area (Å²) in [6.07, 6.45) is 0. The Morgan fingerprint density at radius 1 is 0.788 bits per heavy atom. The molecule has 0 heterocycles. The molecule has 0 unspecified atom stereocenters. The van der Waals surface area contributed by atoms with Crippen LogP contribution >= 0.6 is 0 Å². The zero-order valence-electron chi connectivity index (χ0n) is 17.8. The molecule has 0 aliphatic heterocycles. The minimum Gasteiger partial charge on any atom is -0.489 e. The maximum Gasteiger partial charge on any atom is 0.276 e. The Hall–Kier alpha value is -3.89. The first kappa shape index (κ1) is 23.8. The topological polar surface area (TPSA) is 123 Å². The number of carbonyl (C=O) groups is 2. The Morgan fingerprint density at radius 2 is 1.39 bits per heavy atom. The molecule has 172 valence electrons. The van der Waals surface area contributed by atoms with Gasteiger partial charge in [0.15, 0.2) is 6.61 Å². The summed E-state index contributed by atoms with van der Waals surface area (Å²) in [7, 11) is -2.30. The van der Waals surface area contributed by atoms with E-state index in [4.69, 9.17) is 9.47 Å². The number of benzene rings is 3. The molecule has 10 heteroatoms. The van der Waals surface area contributed by atoms with E-state index in [1.54, 1.807) is 24.3 Å². The van der Waals surface area contributed by atoms with Gasteiger partial charge in [-0.3, -0.25) is 20.4 Å². The van der Waals surface area contributed by atoms with E-state index in [0.29, 0.717) is 18.1 Å². The summed E-state index contributed by atoms with van der Waals surface area (Å²) in [6.45, 7) is 0.126. The Labute approximate surface area is 191 Å².